The molecule has 0 unspecified atom stereocenters. The predicted molar refractivity (Wildman–Crippen MR) is 75.0 cm³/mol. The molecule has 0 aliphatic carbocycles. The van der Waals surface area contributed by atoms with E-state index in [9.17, 15) is 4.79 Å². The normalized spacial score (nSPS) is 26.4. The van der Waals surface area contributed by atoms with Gasteiger partial charge in [-0.2, -0.15) is 0 Å². The number of likely N-dealkylation sites (tertiary alicyclic amines) is 1. The molecule has 2 heterocycles. The monoisotopic (exact) mass is 328 g/mol. The summed E-state index contributed by atoms with van der Waals surface area (Å²) in [5, 5.41) is 3.99. The highest BCUT2D eigenvalue weighted by atomic mass is 79.9. The van der Waals surface area contributed by atoms with Crippen LogP contribution in [-0.4, -0.2) is 36.5 Å². The summed E-state index contributed by atoms with van der Waals surface area (Å²) in [5.74, 6) is 0.744. The lowest BCUT2D eigenvalue weighted by Crippen LogP contribution is -2.39. The van der Waals surface area contributed by atoms with Gasteiger partial charge in [0.2, 0.25) is 0 Å². The van der Waals surface area contributed by atoms with Gasteiger partial charge < -0.3 is 10.2 Å². The molecule has 2 fully saturated rings. The van der Waals surface area contributed by atoms with Crippen molar-refractivity contribution in [3.8, 4) is 0 Å². The molecule has 5 heteroatoms. The molecular formula is C13H14BrClN2O. The summed E-state index contributed by atoms with van der Waals surface area (Å²) in [6.07, 6.45) is 1.11. The minimum absolute atomic E-state index is 0.114. The zero-order valence-electron chi connectivity index (χ0n) is 9.83. The van der Waals surface area contributed by atoms with E-state index in [1.54, 1.807) is 18.2 Å². The molecule has 3 rings (SSSR count). The van der Waals surface area contributed by atoms with E-state index in [1.165, 1.54) is 0 Å². The summed E-state index contributed by atoms with van der Waals surface area (Å²) in [6.45, 7) is 2.83. The fraction of sp³-hybridized carbons (Fsp3) is 0.462. The quantitative estimate of drug-likeness (QED) is 0.859. The van der Waals surface area contributed by atoms with E-state index in [1.807, 2.05) is 4.90 Å². The van der Waals surface area contributed by atoms with E-state index in [0.29, 0.717) is 22.5 Å². The Kier molecular flexibility index (Phi) is 3.34. The number of fused-ring (bicyclic) bond motifs is 1. The van der Waals surface area contributed by atoms with Crippen molar-refractivity contribution in [1.29, 1.82) is 0 Å². The van der Waals surface area contributed by atoms with Gasteiger partial charge in [0.05, 0.1) is 5.02 Å². The SMILES string of the molecule is O=C(c1ccc(Cl)c(Br)c1)N1CC[C@H]2CNC[C@H]21. The van der Waals surface area contributed by atoms with E-state index in [-0.39, 0.29) is 5.91 Å². The van der Waals surface area contributed by atoms with Crippen molar-refractivity contribution in [3.05, 3.63) is 33.3 Å². The van der Waals surface area contributed by atoms with Crippen LogP contribution in [0.3, 0.4) is 0 Å². The van der Waals surface area contributed by atoms with Crippen LogP contribution in [-0.2, 0) is 0 Å². The zero-order chi connectivity index (χ0) is 12.7. The number of amides is 1. The molecule has 18 heavy (non-hydrogen) atoms. The van der Waals surface area contributed by atoms with Gasteiger partial charge in [0.25, 0.3) is 5.91 Å². The van der Waals surface area contributed by atoms with E-state index in [0.717, 1.165) is 30.5 Å². The van der Waals surface area contributed by atoms with Crippen LogP contribution in [0.4, 0.5) is 0 Å². The molecule has 96 valence electrons. The van der Waals surface area contributed by atoms with Crippen LogP contribution in [0.2, 0.25) is 5.02 Å². The van der Waals surface area contributed by atoms with Crippen LogP contribution >= 0.6 is 27.5 Å². The molecule has 0 saturated carbocycles. The molecule has 0 bridgehead atoms. The highest BCUT2D eigenvalue weighted by Gasteiger charge is 2.40. The van der Waals surface area contributed by atoms with Crippen LogP contribution in [0, 0.1) is 5.92 Å². The molecular weight excluding hydrogens is 316 g/mol. The summed E-state index contributed by atoms with van der Waals surface area (Å²) in [6, 6.07) is 5.73. The number of hydrogen-bond acceptors (Lipinski definition) is 2. The first-order valence-electron chi connectivity index (χ1n) is 6.13. The van der Waals surface area contributed by atoms with Crippen molar-refractivity contribution in [3.63, 3.8) is 0 Å². The highest BCUT2D eigenvalue weighted by molar-refractivity contribution is 9.10. The van der Waals surface area contributed by atoms with Gasteiger partial charge in [-0.15, -0.1) is 0 Å². The van der Waals surface area contributed by atoms with Crippen molar-refractivity contribution in [2.24, 2.45) is 5.92 Å². The Balaban J connectivity index is 1.84. The minimum atomic E-state index is 0.114. The summed E-state index contributed by atoms with van der Waals surface area (Å²) in [7, 11) is 0. The second-order valence-corrected chi connectivity index (χ2v) is 6.16. The number of nitrogens with one attached hydrogen (secondary N) is 1. The van der Waals surface area contributed by atoms with Crippen LogP contribution in [0.15, 0.2) is 22.7 Å². The van der Waals surface area contributed by atoms with Gasteiger partial charge in [-0.05, 0) is 46.5 Å². The Hall–Kier alpha value is -0.580. The van der Waals surface area contributed by atoms with Crippen molar-refractivity contribution in [2.75, 3.05) is 19.6 Å². The van der Waals surface area contributed by atoms with E-state index < -0.39 is 0 Å². The minimum Gasteiger partial charge on any atom is -0.334 e. The lowest BCUT2D eigenvalue weighted by Gasteiger charge is -2.23. The molecule has 2 atom stereocenters. The van der Waals surface area contributed by atoms with Crippen LogP contribution in [0.1, 0.15) is 16.8 Å². The molecule has 0 aromatic heterocycles. The standard InChI is InChI=1S/C13H14BrClN2O/c14-10-5-8(1-2-11(10)15)13(18)17-4-3-9-6-16-7-12(9)17/h1-2,5,9,12,16H,3-4,6-7H2/t9-,12+/m0/s1. The number of benzene rings is 1. The largest absolute Gasteiger partial charge is 0.334 e. The smallest absolute Gasteiger partial charge is 0.254 e. The van der Waals surface area contributed by atoms with Crippen molar-refractivity contribution in [1.82, 2.24) is 10.2 Å². The third-order valence-corrected chi connectivity index (χ3v) is 5.09. The van der Waals surface area contributed by atoms with Crippen molar-refractivity contribution in [2.45, 2.75) is 12.5 Å². The number of carbonyl (C=O) groups is 1. The molecule has 3 nitrogen and oxygen atoms in total. The maximum Gasteiger partial charge on any atom is 0.254 e. The molecule has 1 aromatic carbocycles. The molecule has 2 aliphatic rings. The highest BCUT2D eigenvalue weighted by Crippen LogP contribution is 2.30. The van der Waals surface area contributed by atoms with Gasteiger partial charge in [-0.25, -0.2) is 0 Å². The molecule has 2 aliphatic heterocycles. The maximum atomic E-state index is 12.5. The Labute approximate surface area is 120 Å². The van der Waals surface area contributed by atoms with Gasteiger partial charge >= 0.3 is 0 Å². The van der Waals surface area contributed by atoms with Crippen LogP contribution in [0.25, 0.3) is 0 Å². The van der Waals surface area contributed by atoms with E-state index >= 15 is 0 Å². The Morgan fingerprint density at radius 2 is 2.28 bits per heavy atom. The third kappa shape index (κ3) is 2.06. The Bertz CT molecular complexity index is 494. The fourth-order valence-corrected chi connectivity index (χ4v) is 3.39. The fourth-order valence-electron chi connectivity index (χ4n) is 2.90. The molecule has 1 N–H and O–H groups in total. The van der Waals surface area contributed by atoms with E-state index in [2.05, 4.69) is 21.2 Å². The third-order valence-electron chi connectivity index (χ3n) is 3.87. The lowest BCUT2D eigenvalue weighted by molar-refractivity contribution is 0.0737. The first-order valence-corrected chi connectivity index (χ1v) is 7.30. The Morgan fingerprint density at radius 1 is 1.44 bits per heavy atom. The second-order valence-electron chi connectivity index (χ2n) is 4.90. The topological polar surface area (TPSA) is 32.3 Å². The average Bonchev–Trinajstić information content (AvgIpc) is 2.93. The number of hydrogen-bond donors (Lipinski definition) is 1. The van der Waals surface area contributed by atoms with Gasteiger partial charge in [-0.1, -0.05) is 11.6 Å². The number of nitrogens with zero attached hydrogens (tertiary/aromatic N) is 1. The van der Waals surface area contributed by atoms with Crippen LogP contribution < -0.4 is 5.32 Å². The predicted octanol–water partition coefficient (Wildman–Crippen LogP) is 2.54. The summed E-state index contributed by atoms with van der Waals surface area (Å²) in [4.78, 5) is 14.5. The molecule has 0 spiro atoms. The first-order chi connectivity index (χ1) is 8.66. The van der Waals surface area contributed by atoms with Gasteiger partial charge in [0.15, 0.2) is 0 Å². The number of rotatable bonds is 1. The average molecular weight is 330 g/mol. The number of carbonyl (C=O) groups excluding carboxylic acids is 1. The zero-order valence-corrected chi connectivity index (χ0v) is 12.2. The molecule has 1 aromatic rings. The van der Waals surface area contributed by atoms with Gasteiger partial charge in [0, 0.05) is 35.7 Å². The summed E-state index contributed by atoms with van der Waals surface area (Å²) >= 11 is 9.32. The van der Waals surface area contributed by atoms with Crippen LogP contribution in [0.5, 0.6) is 0 Å². The Morgan fingerprint density at radius 3 is 3.06 bits per heavy atom. The van der Waals surface area contributed by atoms with E-state index in [4.69, 9.17) is 11.6 Å². The summed E-state index contributed by atoms with van der Waals surface area (Å²) in [5.41, 5.74) is 0.707. The van der Waals surface area contributed by atoms with Crippen molar-refractivity contribution < 1.29 is 4.79 Å². The lowest BCUT2D eigenvalue weighted by atomic mass is 10.0. The van der Waals surface area contributed by atoms with Gasteiger partial charge in [0.1, 0.15) is 0 Å². The van der Waals surface area contributed by atoms with Crippen molar-refractivity contribution >= 4 is 33.4 Å². The first kappa shape index (κ1) is 12.5. The molecule has 0 radical (unpaired) electrons. The second kappa shape index (κ2) is 4.83. The number of halogens is 2. The molecule has 1 amide bonds. The van der Waals surface area contributed by atoms with Gasteiger partial charge in [-0.3, -0.25) is 4.79 Å². The maximum absolute atomic E-state index is 12.5. The summed E-state index contributed by atoms with van der Waals surface area (Å²) < 4.78 is 0.773. The molecule has 2 saturated heterocycles.